The molecule has 19 heavy (non-hydrogen) atoms. The Morgan fingerprint density at radius 2 is 2.05 bits per heavy atom. The summed E-state index contributed by atoms with van der Waals surface area (Å²) >= 11 is 5.42. The summed E-state index contributed by atoms with van der Waals surface area (Å²) in [6.07, 6.45) is -4.56. The first kappa shape index (κ1) is 15.8. The van der Waals surface area contributed by atoms with Crippen molar-refractivity contribution in [3.63, 3.8) is 0 Å². The van der Waals surface area contributed by atoms with E-state index in [1.165, 1.54) is 26.2 Å². The van der Waals surface area contributed by atoms with E-state index >= 15 is 0 Å². The SMILES string of the molecule is COCN(C(=O)CCl)c1c(C)cccc1C(F)(F)F. The van der Waals surface area contributed by atoms with Crippen LogP contribution in [0.1, 0.15) is 11.1 Å². The maximum Gasteiger partial charge on any atom is 0.418 e. The number of hydrogen-bond donors (Lipinski definition) is 0. The molecule has 3 nitrogen and oxygen atoms in total. The van der Waals surface area contributed by atoms with Gasteiger partial charge in [0.05, 0.1) is 11.3 Å². The summed E-state index contributed by atoms with van der Waals surface area (Å²) in [6, 6.07) is 3.71. The molecule has 0 aliphatic heterocycles. The summed E-state index contributed by atoms with van der Waals surface area (Å²) in [4.78, 5) is 12.6. The average Bonchev–Trinajstić information content (AvgIpc) is 2.34. The zero-order chi connectivity index (χ0) is 14.6. The smallest absolute Gasteiger partial charge is 0.364 e. The number of ether oxygens (including phenoxy) is 1. The number of amides is 1. The van der Waals surface area contributed by atoms with Crippen LogP contribution in [0.4, 0.5) is 18.9 Å². The van der Waals surface area contributed by atoms with Gasteiger partial charge in [0.25, 0.3) is 0 Å². The molecule has 0 bridgehead atoms. The van der Waals surface area contributed by atoms with Gasteiger partial charge in [0, 0.05) is 7.11 Å². The molecule has 0 aliphatic carbocycles. The molecule has 0 aromatic heterocycles. The van der Waals surface area contributed by atoms with E-state index < -0.39 is 23.5 Å². The number of alkyl halides is 4. The van der Waals surface area contributed by atoms with Gasteiger partial charge in [-0.05, 0) is 18.6 Å². The molecular weight excluding hydrogens is 283 g/mol. The first-order valence-electron chi connectivity index (χ1n) is 5.35. The van der Waals surface area contributed by atoms with Gasteiger partial charge in [0.15, 0.2) is 0 Å². The molecular formula is C12H13ClF3NO2. The molecule has 0 saturated heterocycles. The number of rotatable bonds is 4. The molecule has 1 aromatic carbocycles. The topological polar surface area (TPSA) is 29.5 Å². The Balaban J connectivity index is 3.40. The number of methoxy groups -OCH3 is 1. The standard InChI is InChI=1S/C12H13ClF3NO2/c1-8-4-3-5-9(12(14,15)16)11(8)17(7-19-2)10(18)6-13/h3-5H,6-7H2,1-2H3. The Kier molecular flexibility index (Phi) is 5.20. The minimum absolute atomic E-state index is 0.220. The van der Waals surface area contributed by atoms with E-state index in [4.69, 9.17) is 16.3 Å². The van der Waals surface area contributed by atoms with Crippen LogP contribution < -0.4 is 4.90 Å². The van der Waals surface area contributed by atoms with Crippen molar-refractivity contribution in [3.05, 3.63) is 29.3 Å². The highest BCUT2D eigenvalue weighted by Gasteiger charge is 2.36. The van der Waals surface area contributed by atoms with E-state index in [2.05, 4.69) is 0 Å². The summed E-state index contributed by atoms with van der Waals surface area (Å²) in [5.74, 6) is -1.07. The van der Waals surface area contributed by atoms with Gasteiger partial charge < -0.3 is 4.74 Å². The Hall–Kier alpha value is -1.27. The highest BCUT2D eigenvalue weighted by molar-refractivity contribution is 6.29. The van der Waals surface area contributed by atoms with Gasteiger partial charge in [-0.15, -0.1) is 11.6 Å². The Morgan fingerprint density at radius 3 is 2.53 bits per heavy atom. The molecule has 1 aromatic rings. The predicted molar refractivity (Wildman–Crippen MR) is 66.3 cm³/mol. The molecule has 106 valence electrons. The lowest BCUT2D eigenvalue weighted by Crippen LogP contribution is -2.35. The minimum atomic E-state index is -4.56. The summed E-state index contributed by atoms with van der Waals surface area (Å²) in [5.41, 5.74) is -0.782. The van der Waals surface area contributed by atoms with Crippen LogP contribution in [0.15, 0.2) is 18.2 Å². The lowest BCUT2D eigenvalue weighted by Gasteiger charge is -2.26. The predicted octanol–water partition coefficient (Wildman–Crippen LogP) is 3.19. The number of aryl methyl sites for hydroxylation is 1. The fourth-order valence-corrected chi connectivity index (χ4v) is 1.85. The Morgan fingerprint density at radius 1 is 1.42 bits per heavy atom. The minimum Gasteiger partial charge on any atom is -0.364 e. The average molecular weight is 296 g/mol. The van der Waals surface area contributed by atoms with Crippen LogP contribution in [-0.2, 0) is 15.7 Å². The first-order chi connectivity index (χ1) is 8.82. The molecule has 1 rings (SSSR count). The number of benzene rings is 1. The fourth-order valence-electron chi connectivity index (χ4n) is 1.71. The highest BCUT2D eigenvalue weighted by atomic mass is 35.5. The second-order valence-electron chi connectivity index (χ2n) is 3.84. The molecule has 0 fully saturated rings. The summed E-state index contributed by atoms with van der Waals surface area (Å²) in [5, 5.41) is 0. The monoisotopic (exact) mass is 295 g/mol. The maximum absolute atomic E-state index is 13.0. The van der Waals surface area contributed by atoms with Crippen LogP contribution in [0.5, 0.6) is 0 Å². The molecule has 0 saturated carbocycles. The molecule has 0 heterocycles. The molecule has 1 amide bonds. The number of para-hydroxylation sites is 1. The Bertz CT molecular complexity index is 463. The lowest BCUT2D eigenvalue weighted by atomic mass is 10.1. The first-order valence-corrected chi connectivity index (χ1v) is 5.88. The van der Waals surface area contributed by atoms with Crippen molar-refractivity contribution in [3.8, 4) is 0 Å². The van der Waals surface area contributed by atoms with Gasteiger partial charge in [-0.25, -0.2) is 0 Å². The highest BCUT2D eigenvalue weighted by Crippen LogP contribution is 2.38. The zero-order valence-corrected chi connectivity index (χ0v) is 11.2. The molecule has 7 heteroatoms. The number of carbonyl (C=O) groups is 1. The van der Waals surface area contributed by atoms with Crippen molar-refractivity contribution < 1.29 is 22.7 Å². The maximum atomic E-state index is 13.0. The fraction of sp³-hybridized carbons (Fsp3) is 0.417. The third-order valence-corrected chi connectivity index (χ3v) is 2.72. The molecule has 0 spiro atoms. The molecule has 0 atom stereocenters. The normalized spacial score (nSPS) is 11.5. The van der Waals surface area contributed by atoms with Gasteiger partial charge >= 0.3 is 6.18 Å². The van der Waals surface area contributed by atoms with Crippen LogP contribution in [-0.4, -0.2) is 25.6 Å². The van der Waals surface area contributed by atoms with Crippen molar-refractivity contribution in [2.45, 2.75) is 13.1 Å². The Labute approximate surface area is 113 Å². The van der Waals surface area contributed by atoms with Crippen molar-refractivity contribution in [2.75, 3.05) is 24.6 Å². The van der Waals surface area contributed by atoms with Crippen LogP contribution in [0.2, 0.25) is 0 Å². The van der Waals surface area contributed by atoms with E-state index in [1.54, 1.807) is 0 Å². The zero-order valence-electron chi connectivity index (χ0n) is 10.4. The van der Waals surface area contributed by atoms with Gasteiger partial charge in [-0.3, -0.25) is 9.69 Å². The van der Waals surface area contributed by atoms with Crippen LogP contribution in [0.3, 0.4) is 0 Å². The van der Waals surface area contributed by atoms with E-state index in [0.29, 0.717) is 5.56 Å². The van der Waals surface area contributed by atoms with Crippen LogP contribution >= 0.6 is 11.6 Å². The van der Waals surface area contributed by atoms with Gasteiger partial charge in [-0.1, -0.05) is 12.1 Å². The van der Waals surface area contributed by atoms with E-state index in [9.17, 15) is 18.0 Å². The summed E-state index contributed by atoms with van der Waals surface area (Å²) in [6.45, 7) is 1.20. The third-order valence-electron chi connectivity index (χ3n) is 2.49. The van der Waals surface area contributed by atoms with E-state index in [1.807, 2.05) is 0 Å². The van der Waals surface area contributed by atoms with Crippen molar-refractivity contribution >= 4 is 23.2 Å². The number of nitrogens with zero attached hydrogens (tertiary/aromatic N) is 1. The van der Waals surface area contributed by atoms with E-state index in [0.717, 1.165) is 11.0 Å². The number of carbonyl (C=O) groups excluding carboxylic acids is 1. The van der Waals surface area contributed by atoms with Crippen molar-refractivity contribution in [1.29, 1.82) is 0 Å². The largest absolute Gasteiger partial charge is 0.418 e. The van der Waals surface area contributed by atoms with E-state index in [-0.39, 0.29) is 12.4 Å². The second kappa shape index (κ2) is 6.25. The molecule has 0 N–H and O–H groups in total. The van der Waals surface area contributed by atoms with Crippen molar-refractivity contribution in [2.24, 2.45) is 0 Å². The van der Waals surface area contributed by atoms with Crippen LogP contribution in [0, 0.1) is 6.92 Å². The number of halogens is 4. The quantitative estimate of drug-likeness (QED) is 0.631. The molecule has 0 aliphatic rings. The number of anilines is 1. The molecule has 0 radical (unpaired) electrons. The van der Waals surface area contributed by atoms with Crippen molar-refractivity contribution in [1.82, 2.24) is 0 Å². The number of hydrogen-bond acceptors (Lipinski definition) is 2. The second-order valence-corrected chi connectivity index (χ2v) is 4.11. The lowest BCUT2D eigenvalue weighted by molar-refractivity contribution is -0.137. The van der Waals surface area contributed by atoms with Crippen LogP contribution in [0.25, 0.3) is 0 Å². The van der Waals surface area contributed by atoms with Gasteiger partial charge in [0.1, 0.15) is 12.6 Å². The summed E-state index contributed by atoms with van der Waals surface area (Å²) in [7, 11) is 1.29. The summed E-state index contributed by atoms with van der Waals surface area (Å²) < 4.78 is 43.7. The van der Waals surface area contributed by atoms with Gasteiger partial charge in [-0.2, -0.15) is 13.2 Å². The molecule has 0 unspecified atom stereocenters. The third kappa shape index (κ3) is 3.61. The van der Waals surface area contributed by atoms with Gasteiger partial charge in [0.2, 0.25) is 5.91 Å².